The van der Waals surface area contributed by atoms with Crippen molar-refractivity contribution in [2.45, 2.75) is 56.3 Å². The molecule has 1 aliphatic heterocycles. The first kappa shape index (κ1) is 13.3. The maximum Gasteiger partial charge on any atom is 0.0477 e. The summed E-state index contributed by atoms with van der Waals surface area (Å²) in [5.74, 6) is 0. The van der Waals surface area contributed by atoms with Gasteiger partial charge in [0, 0.05) is 48.7 Å². The lowest BCUT2D eigenvalue weighted by Crippen LogP contribution is -2.56. The third kappa shape index (κ3) is 2.43. The van der Waals surface area contributed by atoms with Crippen LogP contribution in [0.5, 0.6) is 0 Å². The second-order valence-electron chi connectivity index (χ2n) is 6.82. The van der Waals surface area contributed by atoms with Gasteiger partial charge in [0.2, 0.25) is 0 Å². The van der Waals surface area contributed by atoms with Crippen LogP contribution in [0.2, 0.25) is 0 Å². The van der Waals surface area contributed by atoms with Crippen LogP contribution in [0.15, 0.2) is 17.5 Å². The zero-order valence-corrected chi connectivity index (χ0v) is 12.9. The van der Waals surface area contributed by atoms with Gasteiger partial charge < -0.3 is 5.73 Å². The van der Waals surface area contributed by atoms with Crippen LogP contribution >= 0.6 is 11.3 Å². The molecule has 4 rings (SSSR count). The highest BCUT2D eigenvalue weighted by atomic mass is 32.1. The molecule has 2 heterocycles. The zero-order chi connectivity index (χ0) is 13.6. The Morgan fingerprint density at radius 3 is 2.80 bits per heavy atom. The van der Waals surface area contributed by atoms with Crippen molar-refractivity contribution in [2.24, 2.45) is 5.73 Å². The van der Waals surface area contributed by atoms with Crippen molar-refractivity contribution in [3.8, 4) is 0 Å². The summed E-state index contributed by atoms with van der Waals surface area (Å²) in [5.41, 5.74) is 6.53. The Bertz CT molecular complexity index is 452. The predicted molar refractivity (Wildman–Crippen MR) is 83.9 cm³/mol. The van der Waals surface area contributed by atoms with Gasteiger partial charge in [0.15, 0.2) is 0 Å². The topological polar surface area (TPSA) is 32.5 Å². The van der Waals surface area contributed by atoms with Crippen LogP contribution in [0, 0.1) is 0 Å². The Balaban J connectivity index is 1.53. The van der Waals surface area contributed by atoms with Crippen LogP contribution in [0.25, 0.3) is 0 Å². The van der Waals surface area contributed by atoms with Crippen molar-refractivity contribution in [3.05, 3.63) is 22.4 Å². The van der Waals surface area contributed by atoms with E-state index in [-0.39, 0.29) is 5.54 Å². The molecule has 0 amide bonds. The molecule has 2 aliphatic carbocycles. The van der Waals surface area contributed by atoms with Gasteiger partial charge in [-0.05, 0) is 43.6 Å². The number of thiophene rings is 1. The van der Waals surface area contributed by atoms with E-state index in [9.17, 15) is 0 Å². The average Bonchev–Trinajstić information content (AvgIpc) is 3.40. The van der Waals surface area contributed by atoms with Gasteiger partial charge in [0.05, 0.1) is 0 Å². The number of hydrogen-bond donors (Lipinski definition) is 1. The van der Waals surface area contributed by atoms with Crippen LogP contribution in [-0.2, 0) is 6.54 Å². The second-order valence-corrected chi connectivity index (χ2v) is 7.85. The summed E-state index contributed by atoms with van der Waals surface area (Å²) < 4.78 is 0. The average molecular weight is 291 g/mol. The molecule has 1 atom stereocenters. The molecule has 110 valence electrons. The van der Waals surface area contributed by atoms with Crippen molar-refractivity contribution in [2.75, 3.05) is 19.6 Å². The summed E-state index contributed by atoms with van der Waals surface area (Å²) in [7, 11) is 0. The standard InChI is InChI=1S/C16H25N3S/c17-11-16(7-8-18(12-16)13-3-4-13)19(14-5-6-14)10-15-2-1-9-20-15/h1-2,9,13-14H,3-8,10-12,17H2. The lowest BCUT2D eigenvalue weighted by Gasteiger charge is -2.41. The fourth-order valence-corrected chi connectivity index (χ4v) is 4.50. The van der Waals surface area contributed by atoms with E-state index in [0.29, 0.717) is 0 Å². The molecule has 1 saturated heterocycles. The quantitative estimate of drug-likeness (QED) is 0.873. The van der Waals surface area contributed by atoms with Gasteiger partial charge in [-0.3, -0.25) is 9.80 Å². The first-order valence-electron chi connectivity index (χ1n) is 8.04. The van der Waals surface area contributed by atoms with Crippen molar-refractivity contribution < 1.29 is 0 Å². The van der Waals surface area contributed by atoms with Crippen molar-refractivity contribution in [1.82, 2.24) is 9.80 Å². The SMILES string of the molecule is NCC1(N(Cc2cccs2)C2CC2)CCN(C2CC2)C1. The van der Waals surface area contributed by atoms with Crippen LogP contribution in [0.1, 0.15) is 37.0 Å². The van der Waals surface area contributed by atoms with E-state index in [1.807, 2.05) is 11.3 Å². The number of nitrogens with two attached hydrogens (primary N) is 1. The van der Waals surface area contributed by atoms with Gasteiger partial charge in [-0.1, -0.05) is 6.07 Å². The van der Waals surface area contributed by atoms with E-state index in [1.165, 1.54) is 50.1 Å². The molecule has 3 fully saturated rings. The van der Waals surface area contributed by atoms with E-state index in [1.54, 1.807) is 0 Å². The summed E-state index contributed by atoms with van der Waals surface area (Å²) in [5, 5.41) is 2.20. The summed E-state index contributed by atoms with van der Waals surface area (Å²) >= 11 is 1.89. The maximum atomic E-state index is 6.28. The van der Waals surface area contributed by atoms with E-state index >= 15 is 0 Å². The minimum absolute atomic E-state index is 0.244. The molecule has 3 nitrogen and oxygen atoms in total. The van der Waals surface area contributed by atoms with Crippen LogP contribution < -0.4 is 5.73 Å². The molecule has 4 heteroatoms. The molecule has 0 radical (unpaired) electrons. The van der Waals surface area contributed by atoms with Gasteiger partial charge in [0.1, 0.15) is 0 Å². The molecular formula is C16H25N3S. The number of hydrogen-bond acceptors (Lipinski definition) is 4. The van der Waals surface area contributed by atoms with E-state index in [2.05, 4.69) is 27.3 Å². The predicted octanol–water partition coefficient (Wildman–Crippen LogP) is 2.28. The monoisotopic (exact) mass is 291 g/mol. The van der Waals surface area contributed by atoms with E-state index < -0.39 is 0 Å². The molecular weight excluding hydrogens is 266 g/mol. The largest absolute Gasteiger partial charge is 0.329 e. The second kappa shape index (κ2) is 5.09. The van der Waals surface area contributed by atoms with Gasteiger partial charge in [-0.2, -0.15) is 0 Å². The molecule has 1 unspecified atom stereocenters. The van der Waals surface area contributed by atoms with E-state index in [4.69, 9.17) is 5.73 Å². The first-order valence-corrected chi connectivity index (χ1v) is 8.92. The van der Waals surface area contributed by atoms with Gasteiger partial charge in [-0.25, -0.2) is 0 Å². The van der Waals surface area contributed by atoms with Gasteiger partial charge in [-0.15, -0.1) is 11.3 Å². The van der Waals surface area contributed by atoms with E-state index in [0.717, 1.165) is 25.2 Å². The minimum Gasteiger partial charge on any atom is -0.329 e. The highest BCUT2D eigenvalue weighted by molar-refractivity contribution is 7.09. The number of rotatable bonds is 6. The molecule has 0 aromatic carbocycles. The van der Waals surface area contributed by atoms with Crippen LogP contribution in [0.4, 0.5) is 0 Å². The molecule has 2 saturated carbocycles. The highest BCUT2D eigenvalue weighted by Gasteiger charge is 2.49. The Morgan fingerprint density at radius 2 is 2.20 bits per heavy atom. The van der Waals surface area contributed by atoms with Crippen LogP contribution in [0.3, 0.4) is 0 Å². The van der Waals surface area contributed by atoms with Crippen LogP contribution in [-0.4, -0.2) is 47.1 Å². The maximum absolute atomic E-state index is 6.28. The molecule has 3 aliphatic rings. The molecule has 1 aromatic rings. The smallest absolute Gasteiger partial charge is 0.0477 e. The Kier molecular flexibility index (Phi) is 3.38. The summed E-state index contributed by atoms with van der Waals surface area (Å²) in [6.45, 7) is 4.39. The summed E-state index contributed by atoms with van der Waals surface area (Å²) in [6.07, 6.45) is 6.83. The fraction of sp³-hybridized carbons (Fsp3) is 0.750. The zero-order valence-electron chi connectivity index (χ0n) is 12.1. The van der Waals surface area contributed by atoms with Gasteiger partial charge in [0.25, 0.3) is 0 Å². The number of nitrogens with zero attached hydrogens (tertiary/aromatic N) is 2. The molecule has 0 spiro atoms. The third-order valence-corrected chi connectivity index (χ3v) is 6.17. The summed E-state index contributed by atoms with van der Waals surface area (Å²) in [6, 6.07) is 6.12. The Hall–Kier alpha value is -0.420. The van der Waals surface area contributed by atoms with Crippen molar-refractivity contribution >= 4 is 11.3 Å². The highest BCUT2D eigenvalue weighted by Crippen LogP contribution is 2.41. The first-order chi connectivity index (χ1) is 9.81. The van der Waals surface area contributed by atoms with Gasteiger partial charge >= 0.3 is 0 Å². The van der Waals surface area contributed by atoms with Crippen molar-refractivity contribution in [1.29, 1.82) is 0 Å². The molecule has 20 heavy (non-hydrogen) atoms. The Morgan fingerprint density at radius 1 is 1.35 bits per heavy atom. The summed E-state index contributed by atoms with van der Waals surface area (Å²) in [4.78, 5) is 6.97. The number of likely N-dealkylation sites (tertiary alicyclic amines) is 1. The molecule has 1 aromatic heterocycles. The Labute approximate surface area is 125 Å². The lowest BCUT2D eigenvalue weighted by molar-refractivity contribution is 0.0815. The molecule has 0 bridgehead atoms. The fourth-order valence-electron chi connectivity index (χ4n) is 3.80. The van der Waals surface area contributed by atoms with Crippen molar-refractivity contribution in [3.63, 3.8) is 0 Å². The molecule has 2 N–H and O–H groups in total. The third-order valence-electron chi connectivity index (χ3n) is 5.31. The normalized spacial score (nSPS) is 31.3. The lowest BCUT2D eigenvalue weighted by atomic mass is 9.95. The minimum atomic E-state index is 0.244.